The summed E-state index contributed by atoms with van der Waals surface area (Å²) in [4.78, 5) is 22.2. The summed E-state index contributed by atoms with van der Waals surface area (Å²) in [7, 11) is 1.71. The average molecular weight is 261 g/mol. The molecule has 2 aromatic rings. The normalized spacial score (nSPS) is 10.6. The molecule has 0 aliphatic carbocycles. The van der Waals surface area contributed by atoms with Gasteiger partial charge in [-0.25, -0.2) is 0 Å². The van der Waals surface area contributed by atoms with Crippen molar-refractivity contribution in [2.24, 2.45) is 7.05 Å². The van der Waals surface area contributed by atoms with Gasteiger partial charge in [0.25, 0.3) is 5.56 Å². The van der Waals surface area contributed by atoms with E-state index in [1.54, 1.807) is 11.6 Å². The highest BCUT2D eigenvalue weighted by Crippen LogP contribution is 2.23. The Balaban J connectivity index is 2.26. The van der Waals surface area contributed by atoms with E-state index in [1.807, 2.05) is 24.3 Å². The van der Waals surface area contributed by atoms with E-state index in [-0.39, 0.29) is 18.6 Å². The van der Waals surface area contributed by atoms with Crippen LogP contribution in [0.2, 0.25) is 0 Å². The fraction of sp³-hybridized carbons (Fsp3) is 0.286. The van der Waals surface area contributed by atoms with Gasteiger partial charge < -0.3 is 14.4 Å². The molecule has 0 aliphatic heterocycles. The third-order valence-corrected chi connectivity index (χ3v) is 2.91. The number of fused-ring (bicyclic) bond motifs is 1. The fourth-order valence-corrected chi connectivity index (χ4v) is 1.90. The van der Waals surface area contributed by atoms with Gasteiger partial charge in [0.1, 0.15) is 5.75 Å². The van der Waals surface area contributed by atoms with E-state index < -0.39 is 5.97 Å². The van der Waals surface area contributed by atoms with Crippen LogP contribution in [-0.2, 0) is 11.8 Å². The van der Waals surface area contributed by atoms with Crippen LogP contribution in [0.1, 0.15) is 12.8 Å². The number of carboxylic acids is 1. The molecule has 0 amide bonds. The average Bonchev–Trinajstić information content (AvgIpc) is 2.40. The molecule has 19 heavy (non-hydrogen) atoms. The van der Waals surface area contributed by atoms with E-state index in [4.69, 9.17) is 9.84 Å². The molecule has 1 aromatic heterocycles. The zero-order chi connectivity index (χ0) is 13.8. The first-order chi connectivity index (χ1) is 9.09. The van der Waals surface area contributed by atoms with E-state index in [2.05, 4.69) is 0 Å². The van der Waals surface area contributed by atoms with Crippen molar-refractivity contribution in [3.05, 3.63) is 40.7 Å². The van der Waals surface area contributed by atoms with Crippen molar-refractivity contribution in [3.8, 4) is 5.75 Å². The lowest BCUT2D eigenvalue weighted by Crippen LogP contribution is -2.16. The second-order valence-corrected chi connectivity index (χ2v) is 4.27. The van der Waals surface area contributed by atoms with Crippen LogP contribution in [0.3, 0.4) is 0 Å². The minimum atomic E-state index is -0.850. The first-order valence-corrected chi connectivity index (χ1v) is 6.03. The van der Waals surface area contributed by atoms with Crippen molar-refractivity contribution in [2.75, 3.05) is 6.61 Å². The van der Waals surface area contributed by atoms with Crippen molar-refractivity contribution in [3.63, 3.8) is 0 Å². The molecule has 0 spiro atoms. The predicted octanol–water partition coefficient (Wildman–Crippen LogP) is 1.78. The second kappa shape index (κ2) is 5.56. The lowest BCUT2D eigenvalue weighted by molar-refractivity contribution is -0.137. The molecule has 100 valence electrons. The van der Waals surface area contributed by atoms with Crippen LogP contribution in [0.25, 0.3) is 10.9 Å². The highest BCUT2D eigenvalue weighted by Gasteiger charge is 2.07. The summed E-state index contributed by atoms with van der Waals surface area (Å²) in [5.41, 5.74) is 0.648. The maximum atomic E-state index is 11.8. The van der Waals surface area contributed by atoms with Gasteiger partial charge in [-0.1, -0.05) is 12.1 Å². The van der Waals surface area contributed by atoms with Gasteiger partial charge in [-0.3, -0.25) is 9.59 Å². The van der Waals surface area contributed by atoms with Crippen molar-refractivity contribution in [1.29, 1.82) is 0 Å². The van der Waals surface area contributed by atoms with Gasteiger partial charge in [-0.05, 0) is 18.6 Å². The van der Waals surface area contributed by atoms with Gasteiger partial charge in [-0.15, -0.1) is 0 Å². The summed E-state index contributed by atoms with van der Waals surface area (Å²) in [6.07, 6.45) is 0.474. The number of aromatic nitrogens is 1. The van der Waals surface area contributed by atoms with Gasteiger partial charge in [-0.2, -0.15) is 0 Å². The van der Waals surface area contributed by atoms with Gasteiger partial charge in [0.15, 0.2) is 0 Å². The van der Waals surface area contributed by atoms with Gasteiger partial charge in [0.2, 0.25) is 0 Å². The molecule has 0 saturated heterocycles. The van der Waals surface area contributed by atoms with Crippen molar-refractivity contribution >= 4 is 16.9 Å². The van der Waals surface area contributed by atoms with Gasteiger partial charge in [0, 0.05) is 24.9 Å². The summed E-state index contributed by atoms with van der Waals surface area (Å²) < 4.78 is 7.08. The Morgan fingerprint density at radius 3 is 2.84 bits per heavy atom. The van der Waals surface area contributed by atoms with E-state index in [1.165, 1.54) is 6.07 Å². The minimum absolute atomic E-state index is 0.0583. The number of rotatable bonds is 5. The summed E-state index contributed by atoms with van der Waals surface area (Å²) >= 11 is 0. The Bertz CT molecular complexity index is 660. The number of aryl methyl sites for hydroxylation is 1. The van der Waals surface area contributed by atoms with Crippen LogP contribution < -0.4 is 10.3 Å². The van der Waals surface area contributed by atoms with Gasteiger partial charge >= 0.3 is 5.97 Å². The first kappa shape index (κ1) is 13.1. The molecule has 1 N–H and O–H groups in total. The van der Waals surface area contributed by atoms with Crippen LogP contribution in [-0.4, -0.2) is 22.2 Å². The monoisotopic (exact) mass is 261 g/mol. The van der Waals surface area contributed by atoms with Crippen molar-refractivity contribution in [2.45, 2.75) is 12.8 Å². The molecule has 0 radical (unpaired) electrons. The molecule has 0 atom stereocenters. The molecule has 2 rings (SSSR count). The number of carbonyl (C=O) groups is 1. The van der Waals surface area contributed by atoms with Crippen LogP contribution in [0, 0.1) is 0 Å². The van der Waals surface area contributed by atoms with Crippen LogP contribution in [0.5, 0.6) is 5.75 Å². The highest BCUT2D eigenvalue weighted by atomic mass is 16.5. The lowest BCUT2D eigenvalue weighted by atomic mass is 10.2. The summed E-state index contributed by atoms with van der Waals surface area (Å²) in [6.45, 7) is 0.281. The zero-order valence-corrected chi connectivity index (χ0v) is 10.6. The topological polar surface area (TPSA) is 68.5 Å². The Morgan fingerprint density at radius 2 is 2.11 bits per heavy atom. The molecule has 1 heterocycles. The number of aliphatic carboxylic acids is 1. The van der Waals surface area contributed by atoms with E-state index in [9.17, 15) is 9.59 Å². The SMILES string of the molecule is Cn1c(=O)cc(OCCCC(=O)O)c2ccccc21. The summed E-state index contributed by atoms with van der Waals surface area (Å²) in [6, 6.07) is 8.89. The number of carboxylic acid groups (broad SMARTS) is 1. The second-order valence-electron chi connectivity index (χ2n) is 4.27. The third kappa shape index (κ3) is 2.93. The Kier molecular flexibility index (Phi) is 3.85. The largest absolute Gasteiger partial charge is 0.493 e. The smallest absolute Gasteiger partial charge is 0.303 e. The lowest BCUT2D eigenvalue weighted by Gasteiger charge is -2.11. The maximum Gasteiger partial charge on any atom is 0.303 e. The van der Waals surface area contributed by atoms with Crippen molar-refractivity contribution in [1.82, 2.24) is 4.57 Å². The maximum absolute atomic E-state index is 11.8. The molecule has 0 saturated carbocycles. The third-order valence-electron chi connectivity index (χ3n) is 2.91. The molecular weight excluding hydrogens is 246 g/mol. The molecule has 5 nitrogen and oxygen atoms in total. The molecule has 0 unspecified atom stereocenters. The Labute approximate surface area is 110 Å². The molecule has 1 aromatic carbocycles. The number of pyridine rings is 1. The number of para-hydroxylation sites is 1. The Morgan fingerprint density at radius 1 is 1.37 bits per heavy atom. The Hall–Kier alpha value is -2.30. The quantitative estimate of drug-likeness (QED) is 0.833. The molecule has 0 aliphatic rings. The highest BCUT2D eigenvalue weighted by molar-refractivity contribution is 5.85. The number of ether oxygens (including phenoxy) is 1. The van der Waals surface area contributed by atoms with E-state index in [0.717, 1.165) is 10.9 Å². The standard InChI is InChI=1S/C14H15NO4/c1-15-11-6-3-2-5-10(11)12(9-13(15)16)19-8-4-7-14(17)18/h2-3,5-6,9H,4,7-8H2,1H3,(H,17,18). The van der Waals surface area contributed by atoms with E-state index >= 15 is 0 Å². The van der Waals surface area contributed by atoms with E-state index in [0.29, 0.717) is 12.2 Å². The molecule has 0 fully saturated rings. The molecule has 0 bridgehead atoms. The minimum Gasteiger partial charge on any atom is -0.493 e. The first-order valence-electron chi connectivity index (χ1n) is 6.03. The zero-order valence-electron chi connectivity index (χ0n) is 10.6. The number of benzene rings is 1. The molecule has 5 heteroatoms. The fourth-order valence-electron chi connectivity index (χ4n) is 1.90. The summed E-state index contributed by atoms with van der Waals surface area (Å²) in [5, 5.41) is 9.40. The summed E-state index contributed by atoms with van der Waals surface area (Å²) in [5.74, 6) is -0.346. The van der Waals surface area contributed by atoms with Crippen LogP contribution in [0.15, 0.2) is 35.1 Å². The van der Waals surface area contributed by atoms with Crippen LogP contribution in [0.4, 0.5) is 0 Å². The van der Waals surface area contributed by atoms with Gasteiger partial charge in [0.05, 0.1) is 12.1 Å². The van der Waals surface area contributed by atoms with Crippen molar-refractivity contribution < 1.29 is 14.6 Å². The number of hydrogen-bond donors (Lipinski definition) is 1. The molecular formula is C14H15NO4. The van der Waals surface area contributed by atoms with Crippen LogP contribution >= 0.6 is 0 Å². The number of hydrogen-bond acceptors (Lipinski definition) is 3. The number of nitrogens with zero attached hydrogens (tertiary/aromatic N) is 1. The predicted molar refractivity (Wildman–Crippen MR) is 71.6 cm³/mol.